The Balaban J connectivity index is 1.31. The van der Waals surface area contributed by atoms with Gasteiger partial charge in [0.05, 0.1) is 25.9 Å². The Hall–Kier alpha value is -3.59. The van der Waals surface area contributed by atoms with E-state index < -0.39 is 5.97 Å². The molecular formula is C23H24N2O7. The van der Waals surface area contributed by atoms with Crippen LogP contribution in [0.1, 0.15) is 29.1 Å². The van der Waals surface area contributed by atoms with Crippen LogP contribution < -0.4 is 14.2 Å². The highest BCUT2D eigenvalue weighted by atomic mass is 16.6. The van der Waals surface area contributed by atoms with Gasteiger partial charge >= 0.3 is 5.97 Å². The molecule has 0 aliphatic carbocycles. The van der Waals surface area contributed by atoms with Crippen molar-refractivity contribution >= 4 is 5.97 Å². The second-order valence-corrected chi connectivity index (χ2v) is 7.13. The van der Waals surface area contributed by atoms with Crippen molar-refractivity contribution in [3.05, 3.63) is 53.9 Å². The Kier molecular flexibility index (Phi) is 6.86. The Labute approximate surface area is 185 Å². The van der Waals surface area contributed by atoms with E-state index in [9.17, 15) is 4.79 Å². The van der Waals surface area contributed by atoms with Gasteiger partial charge in [0.25, 0.3) is 5.89 Å². The minimum atomic E-state index is -0.499. The minimum Gasteiger partial charge on any atom is -0.493 e. The lowest BCUT2D eigenvalue weighted by molar-refractivity contribution is 0.0429. The van der Waals surface area contributed by atoms with Crippen molar-refractivity contribution < 1.29 is 33.0 Å². The van der Waals surface area contributed by atoms with Crippen LogP contribution in [-0.4, -0.2) is 49.6 Å². The van der Waals surface area contributed by atoms with Gasteiger partial charge in [-0.05, 0) is 55.3 Å². The van der Waals surface area contributed by atoms with E-state index in [4.69, 9.17) is 28.2 Å². The summed E-state index contributed by atoms with van der Waals surface area (Å²) in [5, 5.41) is 3.93. The van der Waals surface area contributed by atoms with Gasteiger partial charge in [-0.1, -0.05) is 5.16 Å². The molecule has 1 fully saturated rings. The predicted molar refractivity (Wildman–Crippen MR) is 113 cm³/mol. The number of methoxy groups -OCH3 is 2. The fourth-order valence-corrected chi connectivity index (χ4v) is 3.27. The molecule has 0 amide bonds. The molecular weight excluding hydrogens is 416 g/mol. The van der Waals surface area contributed by atoms with E-state index in [1.165, 1.54) is 0 Å². The fourth-order valence-electron chi connectivity index (χ4n) is 3.27. The number of rotatable bonds is 9. The number of nitrogens with zero attached hydrogens (tertiary/aromatic N) is 2. The molecule has 1 aromatic heterocycles. The zero-order chi connectivity index (χ0) is 22.3. The third kappa shape index (κ3) is 5.17. The molecule has 1 aliphatic rings. The van der Waals surface area contributed by atoms with Gasteiger partial charge in [0.1, 0.15) is 12.4 Å². The number of carbonyl (C=O) groups excluding carboxylic acids is 1. The fraction of sp³-hybridized carbons (Fsp3) is 0.348. The zero-order valence-corrected chi connectivity index (χ0v) is 17.9. The van der Waals surface area contributed by atoms with Gasteiger partial charge in [-0.25, -0.2) is 4.79 Å². The molecule has 4 rings (SSSR count). The average molecular weight is 440 g/mol. The smallest absolute Gasteiger partial charge is 0.338 e. The van der Waals surface area contributed by atoms with E-state index in [1.807, 2.05) is 0 Å². The van der Waals surface area contributed by atoms with Crippen molar-refractivity contribution in [1.82, 2.24) is 10.1 Å². The lowest BCUT2D eigenvalue weighted by Crippen LogP contribution is -2.16. The van der Waals surface area contributed by atoms with Crippen LogP contribution in [-0.2, 0) is 16.1 Å². The molecule has 0 N–H and O–H groups in total. The highest BCUT2D eigenvalue weighted by Gasteiger charge is 2.17. The van der Waals surface area contributed by atoms with Gasteiger partial charge in [0, 0.05) is 12.2 Å². The average Bonchev–Trinajstić information content (AvgIpc) is 3.53. The van der Waals surface area contributed by atoms with Gasteiger partial charge in [0.15, 0.2) is 18.1 Å². The van der Waals surface area contributed by atoms with Crippen LogP contribution in [0, 0.1) is 0 Å². The second-order valence-electron chi connectivity index (χ2n) is 7.13. The quantitative estimate of drug-likeness (QED) is 0.461. The zero-order valence-electron chi connectivity index (χ0n) is 17.9. The Bertz CT molecular complexity index is 1040. The van der Waals surface area contributed by atoms with Crippen LogP contribution in [0.25, 0.3) is 11.4 Å². The standard InChI is InChI=1S/C23H24N2O7/c1-27-19-10-7-16(12-20(19)28-2)22-24-21(32-25-22)14-31-23(26)15-5-8-17(9-6-15)30-13-18-4-3-11-29-18/h5-10,12,18H,3-4,11,13-14H2,1-2H3. The predicted octanol–water partition coefficient (Wildman–Crippen LogP) is 3.67. The molecule has 2 heterocycles. The van der Waals surface area contributed by atoms with Crippen molar-refractivity contribution in [3.8, 4) is 28.6 Å². The van der Waals surface area contributed by atoms with Crippen molar-refractivity contribution in [1.29, 1.82) is 0 Å². The van der Waals surface area contributed by atoms with Crippen molar-refractivity contribution in [2.24, 2.45) is 0 Å². The normalized spacial score (nSPS) is 15.4. The van der Waals surface area contributed by atoms with E-state index in [2.05, 4.69) is 10.1 Å². The topological polar surface area (TPSA) is 102 Å². The van der Waals surface area contributed by atoms with Crippen LogP contribution in [0.5, 0.6) is 17.2 Å². The molecule has 3 aromatic rings. The maximum atomic E-state index is 12.3. The molecule has 0 bridgehead atoms. The first kappa shape index (κ1) is 21.6. The number of benzene rings is 2. The maximum absolute atomic E-state index is 12.3. The number of ether oxygens (including phenoxy) is 5. The molecule has 1 atom stereocenters. The Morgan fingerprint density at radius 2 is 1.91 bits per heavy atom. The first-order valence-corrected chi connectivity index (χ1v) is 10.2. The lowest BCUT2D eigenvalue weighted by atomic mass is 10.2. The number of hydrogen-bond donors (Lipinski definition) is 0. The Morgan fingerprint density at radius 3 is 2.62 bits per heavy atom. The highest BCUT2D eigenvalue weighted by Crippen LogP contribution is 2.31. The van der Waals surface area contributed by atoms with Gasteiger partial charge in [0.2, 0.25) is 5.82 Å². The molecule has 2 aromatic carbocycles. The first-order chi connectivity index (χ1) is 15.7. The van der Waals surface area contributed by atoms with Crippen molar-refractivity contribution in [3.63, 3.8) is 0 Å². The highest BCUT2D eigenvalue weighted by molar-refractivity contribution is 5.89. The van der Waals surface area contributed by atoms with Crippen LogP contribution in [0.3, 0.4) is 0 Å². The van der Waals surface area contributed by atoms with Crippen LogP contribution in [0.2, 0.25) is 0 Å². The molecule has 32 heavy (non-hydrogen) atoms. The molecule has 0 radical (unpaired) electrons. The van der Waals surface area contributed by atoms with E-state index >= 15 is 0 Å². The third-order valence-corrected chi connectivity index (χ3v) is 4.99. The summed E-state index contributed by atoms with van der Waals surface area (Å²) in [6, 6.07) is 12.0. The van der Waals surface area contributed by atoms with E-state index in [1.54, 1.807) is 56.7 Å². The third-order valence-electron chi connectivity index (χ3n) is 4.99. The summed E-state index contributed by atoms with van der Waals surface area (Å²) >= 11 is 0. The van der Waals surface area contributed by atoms with E-state index in [0.717, 1.165) is 19.4 Å². The summed E-state index contributed by atoms with van der Waals surface area (Å²) in [6.45, 7) is 1.15. The van der Waals surface area contributed by atoms with Gasteiger partial charge < -0.3 is 28.2 Å². The number of hydrogen-bond acceptors (Lipinski definition) is 9. The minimum absolute atomic E-state index is 0.137. The SMILES string of the molecule is COc1ccc(-c2noc(COC(=O)c3ccc(OCC4CCCO4)cc3)n2)cc1OC. The molecule has 1 aliphatic heterocycles. The lowest BCUT2D eigenvalue weighted by Gasteiger charge is -2.11. The molecule has 9 nitrogen and oxygen atoms in total. The van der Waals surface area contributed by atoms with Crippen LogP contribution in [0.4, 0.5) is 0 Å². The largest absolute Gasteiger partial charge is 0.493 e. The summed E-state index contributed by atoms with van der Waals surface area (Å²) in [4.78, 5) is 16.6. The summed E-state index contributed by atoms with van der Waals surface area (Å²) in [5.74, 6) is 1.85. The van der Waals surface area contributed by atoms with Crippen molar-refractivity contribution in [2.45, 2.75) is 25.6 Å². The molecule has 1 saturated heterocycles. The van der Waals surface area contributed by atoms with Gasteiger partial charge in [-0.3, -0.25) is 0 Å². The molecule has 0 saturated carbocycles. The number of carbonyl (C=O) groups is 1. The molecule has 168 valence electrons. The summed E-state index contributed by atoms with van der Waals surface area (Å²) < 4.78 is 32.2. The summed E-state index contributed by atoms with van der Waals surface area (Å²) in [5.41, 5.74) is 1.08. The summed E-state index contributed by atoms with van der Waals surface area (Å²) in [6.07, 6.45) is 2.21. The Morgan fingerprint density at radius 1 is 1.09 bits per heavy atom. The first-order valence-electron chi connectivity index (χ1n) is 10.2. The molecule has 9 heteroatoms. The van der Waals surface area contributed by atoms with Crippen molar-refractivity contribution in [2.75, 3.05) is 27.4 Å². The monoisotopic (exact) mass is 440 g/mol. The van der Waals surface area contributed by atoms with E-state index in [0.29, 0.717) is 40.8 Å². The van der Waals surface area contributed by atoms with Gasteiger partial charge in [-0.15, -0.1) is 0 Å². The number of aromatic nitrogens is 2. The van der Waals surface area contributed by atoms with E-state index in [-0.39, 0.29) is 18.6 Å². The summed E-state index contributed by atoms with van der Waals surface area (Å²) in [7, 11) is 3.11. The molecule has 1 unspecified atom stereocenters. The number of esters is 1. The second kappa shape index (κ2) is 10.1. The van der Waals surface area contributed by atoms with Gasteiger partial charge in [-0.2, -0.15) is 4.98 Å². The molecule has 0 spiro atoms. The van der Waals surface area contributed by atoms with Crippen LogP contribution >= 0.6 is 0 Å². The maximum Gasteiger partial charge on any atom is 0.338 e. The van der Waals surface area contributed by atoms with Crippen LogP contribution in [0.15, 0.2) is 47.0 Å².